The first-order valence-electron chi connectivity index (χ1n) is 8.66. The number of methoxy groups -OCH3 is 1. The fourth-order valence-electron chi connectivity index (χ4n) is 3.26. The van der Waals surface area contributed by atoms with Gasteiger partial charge in [-0.2, -0.15) is 0 Å². The summed E-state index contributed by atoms with van der Waals surface area (Å²) < 4.78 is 43.9. The van der Waals surface area contributed by atoms with Crippen molar-refractivity contribution < 1.29 is 17.5 Å². The van der Waals surface area contributed by atoms with Gasteiger partial charge in [-0.1, -0.05) is 18.2 Å². The van der Waals surface area contributed by atoms with Crippen LogP contribution in [0.1, 0.15) is 19.3 Å². The van der Waals surface area contributed by atoms with Crippen LogP contribution in [0.15, 0.2) is 52.4 Å². The Labute approximate surface area is 164 Å². The third-order valence-corrected chi connectivity index (χ3v) is 6.81. The van der Waals surface area contributed by atoms with E-state index in [1.807, 2.05) is 0 Å². The second-order valence-corrected chi connectivity index (χ2v) is 8.98. The third-order valence-electron chi connectivity index (χ3n) is 4.94. The van der Waals surface area contributed by atoms with Gasteiger partial charge in [0.2, 0.25) is 0 Å². The Balaban J connectivity index is 1.65. The summed E-state index contributed by atoms with van der Waals surface area (Å²) in [5.74, 6) is 0.205. The first-order chi connectivity index (χ1) is 12.9. The number of rotatable bonds is 7. The normalized spacial score (nSPS) is 19.0. The fraction of sp³-hybridized carbons (Fsp3) is 0.350. The van der Waals surface area contributed by atoms with Crippen molar-refractivity contribution >= 4 is 27.2 Å². The summed E-state index contributed by atoms with van der Waals surface area (Å²) in [4.78, 5) is 4.30. The van der Waals surface area contributed by atoms with E-state index in [9.17, 15) is 12.8 Å². The Morgan fingerprint density at radius 2 is 1.85 bits per heavy atom. The summed E-state index contributed by atoms with van der Waals surface area (Å²) in [5.41, 5.74) is 1.41. The molecule has 142 valence electrons. The molecule has 0 saturated heterocycles. The van der Waals surface area contributed by atoms with E-state index in [1.165, 1.54) is 13.2 Å². The minimum Gasteiger partial charge on any atom is -0.494 e. The molecule has 0 bridgehead atoms. The Morgan fingerprint density at radius 1 is 1.19 bits per heavy atom. The number of aliphatic imine (C=N–C) groups is 1. The highest BCUT2D eigenvalue weighted by Crippen LogP contribution is 2.33. The zero-order valence-corrected chi connectivity index (χ0v) is 16.5. The van der Waals surface area contributed by atoms with Gasteiger partial charge in [0.05, 0.1) is 29.0 Å². The van der Waals surface area contributed by atoms with Gasteiger partial charge in [-0.05, 0) is 72.8 Å². The molecule has 0 aliphatic heterocycles. The van der Waals surface area contributed by atoms with Crippen molar-refractivity contribution in [2.45, 2.75) is 30.2 Å². The lowest BCUT2D eigenvalue weighted by molar-refractivity contribution is 0.261. The maximum absolute atomic E-state index is 13.9. The van der Waals surface area contributed by atoms with E-state index in [0.29, 0.717) is 17.9 Å². The van der Waals surface area contributed by atoms with Crippen molar-refractivity contribution in [1.82, 2.24) is 0 Å². The number of ether oxygens (including phenoxy) is 1. The standard InChI is InChI=1S/C20H20FNO3S2/c1-25-20-7-4-16(12-19(20)21)15-2-5-18(6-3-15)27(23,24)9-8-14-10-17(11-14)22-13-26/h2-7,12,14,17H,8-11H2,1H3. The molecule has 2 aromatic carbocycles. The van der Waals surface area contributed by atoms with Gasteiger partial charge in [-0.25, -0.2) is 17.8 Å². The van der Waals surface area contributed by atoms with E-state index >= 15 is 0 Å². The van der Waals surface area contributed by atoms with Crippen molar-refractivity contribution in [3.8, 4) is 16.9 Å². The summed E-state index contributed by atoms with van der Waals surface area (Å²) in [5, 5.41) is 2.38. The summed E-state index contributed by atoms with van der Waals surface area (Å²) >= 11 is 4.58. The van der Waals surface area contributed by atoms with E-state index < -0.39 is 15.7 Å². The lowest BCUT2D eigenvalue weighted by Gasteiger charge is -2.31. The highest BCUT2D eigenvalue weighted by atomic mass is 32.2. The molecule has 2 aromatic rings. The predicted molar refractivity (Wildman–Crippen MR) is 107 cm³/mol. The Morgan fingerprint density at radius 3 is 2.44 bits per heavy atom. The molecular weight excluding hydrogens is 385 g/mol. The molecule has 0 unspecified atom stereocenters. The van der Waals surface area contributed by atoms with Gasteiger partial charge in [-0.15, -0.1) is 0 Å². The van der Waals surface area contributed by atoms with Gasteiger partial charge in [0.25, 0.3) is 0 Å². The second-order valence-electron chi connectivity index (χ2n) is 6.69. The van der Waals surface area contributed by atoms with Crippen LogP contribution in [0.25, 0.3) is 11.1 Å². The largest absolute Gasteiger partial charge is 0.494 e. The van der Waals surface area contributed by atoms with Gasteiger partial charge in [0.15, 0.2) is 21.4 Å². The maximum Gasteiger partial charge on any atom is 0.178 e. The van der Waals surface area contributed by atoms with Crippen LogP contribution in [0.2, 0.25) is 0 Å². The molecule has 4 nitrogen and oxygen atoms in total. The van der Waals surface area contributed by atoms with E-state index in [0.717, 1.165) is 18.4 Å². The summed E-state index contributed by atoms with van der Waals surface area (Å²) in [6.45, 7) is 0. The van der Waals surface area contributed by atoms with Crippen molar-refractivity contribution in [2.75, 3.05) is 12.9 Å². The van der Waals surface area contributed by atoms with Crippen LogP contribution in [0.4, 0.5) is 4.39 Å². The molecule has 0 amide bonds. The molecule has 7 heteroatoms. The van der Waals surface area contributed by atoms with Crippen LogP contribution in [-0.2, 0) is 9.84 Å². The summed E-state index contributed by atoms with van der Waals surface area (Å²) in [6, 6.07) is 11.4. The third kappa shape index (κ3) is 4.61. The molecule has 0 heterocycles. The number of benzene rings is 2. The topological polar surface area (TPSA) is 55.7 Å². The molecule has 1 fully saturated rings. The molecule has 1 saturated carbocycles. The van der Waals surface area contributed by atoms with Crippen LogP contribution in [0, 0.1) is 11.7 Å². The quantitative estimate of drug-likeness (QED) is 0.501. The van der Waals surface area contributed by atoms with Crippen LogP contribution < -0.4 is 4.74 Å². The van der Waals surface area contributed by atoms with Gasteiger partial charge in [0.1, 0.15) is 0 Å². The second kappa shape index (κ2) is 8.30. The van der Waals surface area contributed by atoms with Crippen LogP contribution in [0.5, 0.6) is 5.75 Å². The minimum absolute atomic E-state index is 0.113. The van der Waals surface area contributed by atoms with Crippen LogP contribution in [-0.4, -0.2) is 32.5 Å². The lowest BCUT2D eigenvalue weighted by Crippen LogP contribution is -2.28. The number of hydrogen-bond donors (Lipinski definition) is 0. The Kier molecular flexibility index (Phi) is 6.05. The maximum atomic E-state index is 13.9. The molecule has 0 spiro atoms. The molecule has 3 rings (SSSR count). The average Bonchev–Trinajstić information content (AvgIpc) is 2.63. The van der Waals surface area contributed by atoms with E-state index in [2.05, 4.69) is 22.4 Å². The zero-order chi connectivity index (χ0) is 19.4. The highest BCUT2D eigenvalue weighted by Gasteiger charge is 2.30. The van der Waals surface area contributed by atoms with Crippen molar-refractivity contribution in [3.05, 3.63) is 48.3 Å². The minimum atomic E-state index is -3.34. The average molecular weight is 406 g/mol. The number of isothiocyanates is 1. The molecule has 0 atom stereocenters. The number of halogens is 1. The summed E-state index contributed by atoms with van der Waals surface area (Å²) in [6.07, 6.45) is 2.37. The molecule has 1 aliphatic carbocycles. The van der Waals surface area contributed by atoms with E-state index in [1.54, 1.807) is 36.4 Å². The molecule has 1 aliphatic rings. The Hall–Kier alpha value is -2.08. The number of nitrogens with zero attached hydrogens (tertiary/aromatic N) is 1. The van der Waals surface area contributed by atoms with E-state index in [4.69, 9.17) is 4.74 Å². The molecule has 27 heavy (non-hydrogen) atoms. The Bertz CT molecular complexity index is 961. The number of sulfone groups is 1. The first kappa shape index (κ1) is 19.7. The van der Waals surface area contributed by atoms with E-state index in [-0.39, 0.29) is 22.4 Å². The lowest BCUT2D eigenvalue weighted by atomic mass is 9.79. The molecule has 0 radical (unpaired) electrons. The SMILES string of the molecule is COc1ccc(-c2ccc(S(=O)(=O)CCC3CC(N=C=S)C3)cc2)cc1F. The van der Waals surface area contributed by atoms with Gasteiger partial charge in [-0.3, -0.25) is 0 Å². The monoisotopic (exact) mass is 405 g/mol. The molecule has 0 N–H and O–H groups in total. The van der Waals surface area contributed by atoms with Crippen molar-refractivity contribution in [1.29, 1.82) is 0 Å². The first-order valence-corrected chi connectivity index (χ1v) is 10.7. The van der Waals surface area contributed by atoms with Crippen LogP contribution in [0.3, 0.4) is 0 Å². The smallest absolute Gasteiger partial charge is 0.178 e. The van der Waals surface area contributed by atoms with Gasteiger partial charge in [0, 0.05) is 0 Å². The highest BCUT2D eigenvalue weighted by molar-refractivity contribution is 7.91. The summed E-state index contributed by atoms with van der Waals surface area (Å²) in [7, 11) is -1.93. The predicted octanol–water partition coefficient (Wildman–Crippen LogP) is 4.55. The van der Waals surface area contributed by atoms with Gasteiger partial charge >= 0.3 is 0 Å². The van der Waals surface area contributed by atoms with Crippen molar-refractivity contribution in [3.63, 3.8) is 0 Å². The van der Waals surface area contributed by atoms with Crippen molar-refractivity contribution in [2.24, 2.45) is 10.9 Å². The molecular formula is C20H20FNO3S2. The van der Waals surface area contributed by atoms with Gasteiger partial charge < -0.3 is 4.74 Å². The molecule has 0 aromatic heterocycles. The number of thiocarbonyl (C=S) groups is 1. The van der Waals surface area contributed by atoms with Crippen LogP contribution >= 0.6 is 12.2 Å². The number of hydrogen-bond acceptors (Lipinski definition) is 5. The zero-order valence-electron chi connectivity index (χ0n) is 14.9. The fourth-order valence-corrected chi connectivity index (χ4v) is 4.84.